The van der Waals surface area contributed by atoms with Gasteiger partial charge in [-0.05, 0) is 54.6 Å². The monoisotopic (exact) mass is 225 g/mol. The van der Waals surface area contributed by atoms with Crippen molar-refractivity contribution in [2.75, 3.05) is 6.54 Å². The smallest absolute Gasteiger partial charge is 0.00413 e. The predicted molar refractivity (Wildman–Crippen MR) is 69.6 cm³/mol. The first-order valence-corrected chi connectivity index (χ1v) is 6.91. The van der Waals surface area contributed by atoms with Gasteiger partial charge in [0.2, 0.25) is 0 Å². The quantitative estimate of drug-likeness (QED) is 0.746. The minimum atomic E-state index is 0.651. The van der Waals surface area contributed by atoms with E-state index in [9.17, 15) is 0 Å². The maximum absolute atomic E-state index is 3.59. The summed E-state index contributed by atoms with van der Waals surface area (Å²) >= 11 is 1.78. The normalized spacial score (nSPS) is 15.1. The highest BCUT2D eigenvalue weighted by Crippen LogP contribution is 2.10. The summed E-state index contributed by atoms with van der Waals surface area (Å²) in [5.74, 6) is 0.841. The molecule has 1 N–H and O–H groups in total. The first-order chi connectivity index (χ1) is 7.22. The van der Waals surface area contributed by atoms with Crippen LogP contribution in [0.1, 0.15) is 39.2 Å². The Morgan fingerprint density at radius 2 is 2.20 bits per heavy atom. The zero-order chi connectivity index (χ0) is 11.1. The van der Waals surface area contributed by atoms with Crippen molar-refractivity contribution in [3.05, 3.63) is 22.4 Å². The van der Waals surface area contributed by atoms with Crippen molar-refractivity contribution in [1.29, 1.82) is 0 Å². The van der Waals surface area contributed by atoms with Gasteiger partial charge >= 0.3 is 0 Å². The van der Waals surface area contributed by atoms with Crippen LogP contribution in [0.25, 0.3) is 0 Å². The second-order valence-corrected chi connectivity index (χ2v) is 5.27. The molecular weight excluding hydrogens is 202 g/mol. The fraction of sp³-hybridized carbons (Fsp3) is 0.692. The standard InChI is InChI=1S/C13H23NS/c1-4-11(2)9-12(3)14-7-5-13-6-8-15-10-13/h6,8,10-12,14H,4-5,7,9H2,1-3H3. The molecule has 0 saturated heterocycles. The molecule has 0 amide bonds. The van der Waals surface area contributed by atoms with Gasteiger partial charge in [-0.15, -0.1) is 0 Å². The van der Waals surface area contributed by atoms with Crippen LogP contribution in [-0.2, 0) is 6.42 Å². The molecule has 1 aromatic rings. The van der Waals surface area contributed by atoms with E-state index in [1.165, 1.54) is 18.4 Å². The molecule has 1 aromatic heterocycles. The van der Waals surface area contributed by atoms with Gasteiger partial charge in [-0.2, -0.15) is 11.3 Å². The number of rotatable bonds is 7. The Morgan fingerprint density at radius 1 is 1.40 bits per heavy atom. The van der Waals surface area contributed by atoms with E-state index in [0.717, 1.165) is 18.9 Å². The Morgan fingerprint density at radius 3 is 2.80 bits per heavy atom. The van der Waals surface area contributed by atoms with E-state index in [0.29, 0.717) is 6.04 Å². The Bertz CT molecular complexity index is 243. The average molecular weight is 225 g/mol. The fourth-order valence-electron chi connectivity index (χ4n) is 1.75. The van der Waals surface area contributed by atoms with Gasteiger partial charge in [0.15, 0.2) is 0 Å². The number of nitrogens with one attached hydrogen (secondary N) is 1. The van der Waals surface area contributed by atoms with E-state index < -0.39 is 0 Å². The van der Waals surface area contributed by atoms with Crippen molar-refractivity contribution in [2.24, 2.45) is 5.92 Å². The fourth-order valence-corrected chi connectivity index (χ4v) is 2.45. The molecule has 0 aliphatic carbocycles. The van der Waals surface area contributed by atoms with Crippen molar-refractivity contribution in [3.63, 3.8) is 0 Å². The summed E-state index contributed by atoms with van der Waals surface area (Å²) in [5.41, 5.74) is 1.46. The summed E-state index contributed by atoms with van der Waals surface area (Å²) in [7, 11) is 0. The van der Waals surface area contributed by atoms with Crippen LogP contribution < -0.4 is 5.32 Å². The van der Waals surface area contributed by atoms with E-state index in [2.05, 4.69) is 42.9 Å². The van der Waals surface area contributed by atoms with Gasteiger partial charge in [0, 0.05) is 6.04 Å². The van der Waals surface area contributed by atoms with Crippen LogP contribution in [0.2, 0.25) is 0 Å². The number of hydrogen-bond donors (Lipinski definition) is 1. The lowest BCUT2D eigenvalue weighted by Gasteiger charge is -2.17. The zero-order valence-corrected chi connectivity index (χ0v) is 10.9. The minimum Gasteiger partial charge on any atom is -0.314 e. The summed E-state index contributed by atoms with van der Waals surface area (Å²) in [5, 5.41) is 7.98. The molecule has 1 heterocycles. The van der Waals surface area contributed by atoms with E-state index in [1.807, 2.05) is 0 Å². The van der Waals surface area contributed by atoms with E-state index >= 15 is 0 Å². The molecule has 86 valence electrons. The first-order valence-electron chi connectivity index (χ1n) is 5.96. The molecule has 1 nitrogen and oxygen atoms in total. The van der Waals surface area contributed by atoms with Gasteiger partial charge in [0.25, 0.3) is 0 Å². The van der Waals surface area contributed by atoms with Gasteiger partial charge in [-0.1, -0.05) is 20.3 Å². The summed E-state index contributed by atoms with van der Waals surface area (Å²) in [6.07, 6.45) is 3.74. The second-order valence-electron chi connectivity index (χ2n) is 4.49. The molecule has 2 heteroatoms. The third-order valence-electron chi connectivity index (χ3n) is 2.94. The van der Waals surface area contributed by atoms with Crippen molar-refractivity contribution in [1.82, 2.24) is 5.32 Å². The Hall–Kier alpha value is -0.340. The zero-order valence-electron chi connectivity index (χ0n) is 10.1. The number of thiophene rings is 1. The lowest BCUT2D eigenvalue weighted by molar-refractivity contribution is 0.415. The second kappa shape index (κ2) is 7.02. The van der Waals surface area contributed by atoms with E-state index in [-0.39, 0.29) is 0 Å². The topological polar surface area (TPSA) is 12.0 Å². The van der Waals surface area contributed by atoms with Gasteiger partial charge in [-0.25, -0.2) is 0 Å². The molecule has 0 fully saturated rings. The van der Waals surface area contributed by atoms with Gasteiger partial charge in [0.1, 0.15) is 0 Å². The van der Waals surface area contributed by atoms with Crippen LogP contribution in [0.4, 0.5) is 0 Å². The van der Waals surface area contributed by atoms with Crippen LogP contribution in [-0.4, -0.2) is 12.6 Å². The molecule has 0 saturated carbocycles. The summed E-state index contributed by atoms with van der Waals surface area (Å²) in [6.45, 7) is 7.99. The Labute approximate surface area is 97.9 Å². The van der Waals surface area contributed by atoms with Gasteiger partial charge < -0.3 is 5.32 Å². The van der Waals surface area contributed by atoms with Gasteiger partial charge in [0.05, 0.1) is 0 Å². The van der Waals surface area contributed by atoms with Crippen LogP contribution in [0.5, 0.6) is 0 Å². The molecule has 0 bridgehead atoms. The summed E-state index contributed by atoms with van der Waals surface area (Å²) < 4.78 is 0. The molecule has 0 aliphatic heterocycles. The molecule has 0 aromatic carbocycles. The molecule has 1 rings (SSSR count). The maximum atomic E-state index is 3.59. The van der Waals surface area contributed by atoms with E-state index in [1.54, 1.807) is 11.3 Å². The third-order valence-corrected chi connectivity index (χ3v) is 3.67. The van der Waals surface area contributed by atoms with Crippen LogP contribution >= 0.6 is 11.3 Å². The van der Waals surface area contributed by atoms with E-state index in [4.69, 9.17) is 0 Å². The van der Waals surface area contributed by atoms with Gasteiger partial charge in [-0.3, -0.25) is 0 Å². The maximum Gasteiger partial charge on any atom is 0.00413 e. The summed E-state index contributed by atoms with van der Waals surface area (Å²) in [4.78, 5) is 0. The van der Waals surface area contributed by atoms with Crippen molar-refractivity contribution in [2.45, 2.75) is 46.1 Å². The Kier molecular flexibility index (Phi) is 5.96. The molecule has 0 radical (unpaired) electrons. The Balaban J connectivity index is 2.09. The molecule has 2 atom stereocenters. The summed E-state index contributed by atoms with van der Waals surface area (Å²) in [6, 6.07) is 2.87. The highest BCUT2D eigenvalue weighted by Gasteiger charge is 2.05. The molecule has 2 unspecified atom stereocenters. The van der Waals surface area contributed by atoms with Crippen molar-refractivity contribution >= 4 is 11.3 Å². The molecular formula is C13H23NS. The number of hydrogen-bond acceptors (Lipinski definition) is 2. The molecule has 0 spiro atoms. The average Bonchev–Trinajstić information content (AvgIpc) is 2.70. The highest BCUT2D eigenvalue weighted by atomic mass is 32.1. The van der Waals surface area contributed by atoms with Crippen LogP contribution in [0.15, 0.2) is 16.8 Å². The predicted octanol–water partition coefficient (Wildman–Crippen LogP) is 3.70. The molecule has 15 heavy (non-hydrogen) atoms. The van der Waals surface area contributed by atoms with Crippen LogP contribution in [0, 0.1) is 5.92 Å². The highest BCUT2D eigenvalue weighted by molar-refractivity contribution is 7.07. The SMILES string of the molecule is CCC(C)CC(C)NCCc1ccsc1. The lowest BCUT2D eigenvalue weighted by Crippen LogP contribution is -2.29. The first kappa shape index (κ1) is 12.7. The largest absolute Gasteiger partial charge is 0.314 e. The third kappa shape index (κ3) is 5.33. The lowest BCUT2D eigenvalue weighted by atomic mass is 10.0. The van der Waals surface area contributed by atoms with Crippen LogP contribution in [0.3, 0.4) is 0 Å². The van der Waals surface area contributed by atoms with Crippen molar-refractivity contribution in [3.8, 4) is 0 Å². The molecule has 0 aliphatic rings. The minimum absolute atomic E-state index is 0.651. The van der Waals surface area contributed by atoms with Crippen molar-refractivity contribution < 1.29 is 0 Å².